The van der Waals surface area contributed by atoms with Crippen molar-refractivity contribution in [1.29, 1.82) is 0 Å². The molecule has 25 heavy (non-hydrogen) atoms. The SMILES string of the molecule is COc1cccc(C(=O)N=c2sc(C)c(-c3ccc(Br)cc3)n2C)c1. The van der Waals surface area contributed by atoms with E-state index in [2.05, 4.69) is 20.9 Å². The van der Waals surface area contributed by atoms with Crippen molar-refractivity contribution in [3.63, 3.8) is 0 Å². The smallest absolute Gasteiger partial charge is 0.279 e. The second-order valence-electron chi connectivity index (χ2n) is 5.50. The van der Waals surface area contributed by atoms with Gasteiger partial charge in [-0.25, -0.2) is 0 Å². The molecular weight excluding hydrogens is 400 g/mol. The molecule has 3 aromatic rings. The van der Waals surface area contributed by atoms with Crippen molar-refractivity contribution in [1.82, 2.24) is 4.57 Å². The number of aryl methyl sites for hydroxylation is 1. The molecule has 0 aliphatic carbocycles. The Kier molecular flexibility index (Phi) is 5.20. The number of hydrogen-bond donors (Lipinski definition) is 0. The van der Waals surface area contributed by atoms with Crippen LogP contribution in [-0.2, 0) is 7.05 Å². The zero-order valence-corrected chi connectivity index (χ0v) is 16.5. The van der Waals surface area contributed by atoms with Gasteiger partial charge in [0.1, 0.15) is 5.75 Å². The molecule has 0 bridgehead atoms. The normalized spacial score (nSPS) is 11.6. The van der Waals surface area contributed by atoms with Crippen LogP contribution in [0.4, 0.5) is 0 Å². The third-order valence-corrected chi connectivity index (χ3v) is 5.41. The predicted octanol–water partition coefficient (Wildman–Crippen LogP) is 4.57. The number of carbonyl (C=O) groups excluding carboxylic acids is 1. The number of aromatic nitrogens is 1. The van der Waals surface area contributed by atoms with Crippen molar-refractivity contribution in [2.24, 2.45) is 12.0 Å². The van der Waals surface area contributed by atoms with E-state index in [1.165, 1.54) is 11.3 Å². The fraction of sp³-hybridized carbons (Fsp3) is 0.158. The van der Waals surface area contributed by atoms with Crippen LogP contribution in [-0.4, -0.2) is 17.6 Å². The third kappa shape index (κ3) is 3.75. The molecule has 3 rings (SSSR count). The topological polar surface area (TPSA) is 43.6 Å². The molecule has 0 aliphatic heterocycles. The molecule has 0 radical (unpaired) electrons. The molecule has 6 heteroatoms. The Bertz CT molecular complexity index is 987. The fourth-order valence-corrected chi connectivity index (χ4v) is 3.84. The summed E-state index contributed by atoms with van der Waals surface area (Å²) in [4.78, 5) is 18.6. The van der Waals surface area contributed by atoms with Crippen molar-refractivity contribution in [3.05, 3.63) is 68.2 Å². The van der Waals surface area contributed by atoms with E-state index in [-0.39, 0.29) is 5.91 Å². The molecule has 0 saturated heterocycles. The van der Waals surface area contributed by atoms with E-state index >= 15 is 0 Å². The van der Waals surface area contributed by atoms with Crippen LogP contribution in [0.5, 0.6) is 5.75 Å². The Morgan fingerprint density at radius 1 is 1.20 bits per heavy atom. The minimum absolute atomic E-state index is 0.280. The molecule has 0 N–H and O–H groups in total. The first-order valence-corrected chi connectivity index (χ1v) is 9.26. The Labute approximate surface area is 158 Å². The Balaban J connectivity index is 2.03. The minimum atomic E-state index is -0.280. The van der Waals surface area contributed by atoms with Crippen LogP contribution in [0.15, 0.2) is 58.0 Å². The summed E-state index contributed by atoms with van der Waals surface area (Å²) in [5, 5.41) is 0. The highest BCUT2D eigenvalue weighted by Crippen LogP contribution is 2.26. The lowest BCUT2D eigenvalue weighted by atomic mass is 10.1. The van der Waals surface area contributed by atoms with Gasteiger partial charge in [-0.3, -0.25) is 4.79 Å². The molecule has 0 atom stereocenters. The van der Waals surface area contributed by atoms with Crippen molar-refractivity contribution in [3.8, 4) is 17.0 Å². The molecule has 1 aromatic heterocycles. The van der Waals surface area contributed by atoms with Gasteiger partial charge in [0, 0.05) is 22.0 Å². The molecule has 0 fully saturated rings. The first kappa shape index (κ1) is 17.6. The Hall–Kier alpha value is -2.18. The minimum Gasteiger partial charge on any atom is -0.497 e. The molecule has 1 amide bonds. The van der Waals surface area contributed by atoms with Gasteiger partial charge in [-0.15, -0.1) is 11.3 Å². The Morgan fingerprint density at radius 2 is 1.92 bits per heavy atom. The number of hydrogen-bond acceptors (Lipinski definition) is 3. The highest BCUT2D eigenvalue weighted by atomic mass is 79.9. The Morgan fingerprint density at radius 3 is 2.60 bits per heavy atom. The van der Waals surface area contributed by atoms with Gasteiger partial charge in [-0.05, 0) is 42.8 Å². The number of rotatable bonds is 3. The van der Waals surface area contributed by atoms with E-state index in [4.69, 9.17) is 4.74 Å². The summed E-state index contributed by atoms with van der Waals surface area (Å²) in [5.41, 5.74) is 2.67. The summed E-state index contributed by atoms with van der Waals surface area (Å²) in [6, 6.07) is 15.1. The van der Waals surface area contributed by atoms with Gasteiger partial charge in [0.15, 0.2) is 4.80 Å². The molecule has 0 saturated carbocycles. The highest BCUT2D eigenvalue weighted by molar-refractivity contribution is 9.10. The van der Waals surface area contributed by atoms with E-state index in [1.807, 2.05) is 42.8 Å². The van der Waals surface area contributed by atoms with Gasteiger partial charge < -0.3 is 9.30 Å². The second-order valence-corrected chi connectivity index (χ2v) is 7.60. The van der Waals surface area contributed by atoms with Crippen molar-refractivity contribution in [2.45, 2.75) is 6.92 Å². The summed E-state index contributed by atoms with van der Waals surface area (Å²) < 4.78 is 8.16. The van der Waals surface area contributed by atoms with Crippen LogP contribution in [0.25, 0.3) is 11.3 Å². The average molecular weight is 417 g/mol. The van der Waals surface area contributed by atoms with Crippen LogP contribution in [0.1, 0.15) is 15.2 Å². The monoisotopic (exact) mass is 416 g/mol. The zero-order chi connectivity index (χ0) is 18.0. The molecule has 0 aliphatic rings. The maximum Gasteiger partial charge on any atom is 0.279 e. The molecule has 1 heterocycles. The van der Waals surface area contributed by atoms with E-state index in [1.54, 1.807) is 31.4 Å². The predicted molar refractivity (Wildman–Crippen MR) is 104 cm³/mol. The number of benzene rings is 2. The van der Waals surface area contributed by atoms with Crippen LogP contribution >= 0.6 is 27.3 Å². The number of methoxy groups -OCH3 is 1. The van der Waals surface area contributed by atoms with Crippen molar-refractivity contribution >= 4 is 33.2 Å². The lowest BCUT2D eigenvalue weighted by Crippen LogP contribution is -2.14. The summed E-state index contributed by atoms with van der Waals surface area (Å²) in [7, 11) is 3.51. The number of amides is 1. The molecule has 0 unspecified atom stereocenters. The van der Waals surface area contributed by atoms with Gasteiger partial charge in [0.05, 0.1) is 12.8 Å². The second kappa shape index (κ2) is 7.37. The molecule has 0 spiro atoms. The summed E-state index contributed by atoms with van der Waals surface area (Å²) in [5.74, 6) is 0.362. The third-order valence-electron chi connectivity index (χ3n) is 3.83. The zero-order valence-electron chi connectivity index (χ0n) is 14.1. The standard InChI is InChI=1S/C19H17BrN2O2S/c1-12-17(13-7-9-15(20)10-8-13)22(2)19(25-12)21-18(23)14-5-4-6-16(11-14)24-3/h4-11H,1-3H3. The first-order chi connectivity index (χ1) is 12.0. The van der Waals surface area contributed by atoms with E-state index in [0.717, 1.165) is 20.6 Å². The number of halogens is 1. The fourth-order valence-electron chi connectivity index (χ4n) is 2.60. The van der Waals surface area contributed by atoms with Gasteiger partial charge >= 0.3 is 0 Å². The molecule has 2 aromatic carbocycles. The molecule has 128 valence electrons. The summed E-state index contributed by atoms with van der Waals surface area (Å²) in [6.07, 6.45) is 0. The van der Waals surface area contributed by atoms with Crippen LogP contribution in [0.2, 0.25) is 0 Å². The lowest BCUT2D eigenvalue weighted by Gasteiger charge is -2.05. The van der Waals surface area contributed by atoms with E-state index in [0.29, 0.717) is 16.1 Å². The van der Waals surface area contributed by atoms with E-state index in [9.17, 15) is 4.79 Å². The van der Waals surface area contributed by atoms with Crippen molar-refractivity contribution < 1.29 is 9.53 Å². The maximum absolute atomic E-state index is 12.5. The number of thiazole rings is 1. The van der Waals surface area contributed by atoms with Crippen LogP contribution in [0, 0.1) is 6.92 Å². The van der Waals surface area contributed by atoms with Gasteiger partial charge in [-0.2, -0.15) is 4.99 Å². The first-order valence-electron chi connectivity index (χ1n) is 7.65. The summed E-state index contributed by atoms with van der Waals surface area (Å²) in [6.45, 7) is 2.04. The highest BCUT2D eigenvalue weighted by Gasteiger charge is 2.12. The van der Waals surface area contributed by atoms with Crippen LogP contribution < -0.4 is 9.54 Å². The van der Waals surface area contributed by atoms with Gasteiger partial charge in [0.2, 0.25) is 0 Å². The quantitative estimate of drug-likeness (QED) is 0.627. The lowest BCUT2D eigenvalue weighted by molar-refractivity contribution is 0.0997. The van der Waals surface area contributed by atoms with Gasteiger partial charge in [0.25, 0.3) is 5.91 Å². The molecule has 4 nitrogen and oxygen atoms in total. The van der Waals surface area contributed by atoms with Crippen LogP contribution in [0.3, 0.4) is 0 Å². The van der Waals surface area contributed by atoms with Gasteiger partial charge in [-0.1, -0.05) is 34.1 Å². The van der Waals surface area contributed by atoms with Crippen molar-refractivity contribution in [2.75, 3.05) is 7.11 Å². The number of nitrogens with zero attached hydrogens (tertiary/aromatic N) is 2. The largest absolute Gasteiger partial charge is 0.497 e. The average Bonchev–Trinajstić information content (AvgIpc) is 2.89. The maximum atomic E-state index is 12.5. The van der Waals surface area contributed by atoms with E-state index < -0.39 is 0 Å². The number of carbonyl (C=O) groups is 1. The summed E-state index contributed by atoms with van der Waals surface area (Å²) >= 11 is 4.96. The number of ether oxygens (including phenoxy) is 1. The molecular formula is C19H17BrN2O2S.